The Morgan fingerprint density at radius 3 is 1.30 bits per heavy atom. The second kappa shape index (κ2) is 13.7. The van der Waals surface area contributed by atoms with Crippen molar-refractivity contribution in [3.05, 3.63) is 205 Å². The molecule has 0 aliphatic heterocycles. The van der Waals surface area contributed by atoms with Crippen LogP contribution >= 0.6 is 0 Å². The van der Waals surface area contributed by atoms with E-state index in [-0.39, 0.29) is 0 Å². The lowest BCUT2D eigenvalue weighted by atomic mass is 9.92. The van der Waals surface area contributed by atoms with Crippen molar-refractivity contribution in [2.45, 2.75) is 0 Å². The maximum atomic E-state index is 3.58. The van der Waals surface area contributed by atoms with Crippen molar-refractivity contribution < 1.29 is 0 Å². The van der Waals surface area contributed by atoms with Gasteiger partial charge in [0, 0.05) is 22.7 Å². The second-order valence-corrected chi connectivity index (χ2v) is 11.2. The van der Waals surface area contributed by atoms with Crippen LogP contribution < -0.4 is 10.6 Å². The van der Waals surface area contributed by atoms with Crippen LogP contribution in [0.3, 0.4) is 0 Å². The van der Waals surface area contributed by atoms with Crippen LogP contribution in [0.25, 0.3) is 33.9 Å². The van der Waals surface area contributed by atoms with Crippen LogP contribution in [0.5, 0.6) is 0 Å². The molecule has 2 nitrogen and oxygen atoms in total. The molecule has 0 heterocycles. The van der Waals surface area contributed by atoms with Crippen molar-refractivity contribution in [1.29, 1.82) is 0 Å². The summed E-state index contributed by atoms with van der Waals surface area (Å²) < 4.78 is 0. The number of benzene rings is 7. The van der Waals surface area contributed by atoms with Gasteiger partial charge in [0.05, 0.1) is 0 Å². The first kappa shape index (κ1) is 28.6. The van der Waals surface area contributed by atoms with Crippen LogP contribution in [0.15, 0.2) is 188 Å². The van der Waals surface area contributed by atoms with E-state index in [0.717, 1.165) is 33.9 Å². The molecule has 7 aromatic carbocycles. The van der Waals surface area contributed by atoms with Gasteiger partial charge in [-0.25, -0.2) is 0 Å². The fraction of sp³-hybridized carbons (Fsp3) is 0. The summed E-state index contributed by atoms with van der Waals surface area (Å²) in [6.07, 6.45) is 2.28. The summed E-state index contributed by atoms with van der Waals surface area (Å²) in [7, 11) is 0. The number of rotatable bonds is 9. The van der Waals surface area contributed by atoms with E-state index in [0.29, 0.717) is 0 Å². The highest BCUT2D eigenvalue weighted by molar-refractivity contribution is 5.92. The zero-order chi connectivity index (χ0) is 31.0. The second-order valence-electron chi connectivity index (χ2n) is 11.2. The van der Waals surface area contributed by atoms with Crippen LogP contribution in [-0.4, -0.2) is 0 Å². The summed E-state index contributed by atoms with van der Waals surface area (Å²) in [6.45, 7) is 0. The first-order valence-corrected chi connectivity index (χ1v) is 15.6. The maximum Gasteiger partial charge on any atom is 0.0390 e. The van der Waals surface area contributed by atoms with Crippen molar-refractivity contribution in [3.8, 4) is 22.3 Å². The lowest BCUT2D eigenvalue weighted by Gasteiger charge is -2.15. The van der Waals surface area contributed by atoms with Crippen molar-refractivity contribution in [2.24, 2.45) is 0 Å². The molecule has 2 heteroatoms. The first-order chi connectivity index (χ1) is 22.8. The summed E-state index contributed by atoms with van der Waals surface area (Å²) in [6, 6.07) is 66.0. The molecule has 0 spiro atoms. The van der Waals surface area contributed by atoms with Crippen LogP contribution in [0, 0.1) is 0 Å². The molecule has 2 N–H and O–H groups in total. The Labute approximate surface area is 271 Å². The Balaban J connectivity index is 1.24. The lowest BCUT2D eigenvalue weighted by Crippen LogP contribution is -1.93. The molecule has 0 unspecified atom stereocenters. The molecule has 46 heavy (non-hydrogen) atoms. The molecule has 0 fully saturated rings. The standard InChI is InChI=1S/C44H34N2/c1-5-13-34(14-6-1)43(35-15-7-2-8-16-35)31-33-21-23-37(24-22-33)44-32-41(46-39-19-11-4-12-20-39)29-30-42(44)36-25-27-40(28-26-36)45-38-17-9-3-10-18-38/h1-32,45-46H. The van der Waals surface area contributed by atoms with Gasteiger partial charge in [0.15, 0.2) is 0 Å². The van der Waals surface area contributed by atoms with E-state index in [2.05, 4.69) is 168 Å². The summed E-state index contributed by atoms with van der Waals surface area (Å²) in [5.74, 6) is 0. The number of hydrogen-bond acceptors (Lipinski definition) is 2. The lowest BCUT2D eigenvalue weighted by molar-refractivity contribution is 1.51. The molecule has 7 aromatic rings. The smallest absolute Gasteiger partial charge is 0.0390 e. The average molecular weight is 591 g/mol. The topological polar surface area (TPSA) is 24.1 Å². The molecule has 0 bridgehead atoms. The van der Waals surface area contributed by atoms with E-state index in [1.54, 1.807) is 0 Å². The number of hydrogen-bond donors (Lipinski definition) is 2. The predicted octanol–water partition coefficient (Wildman–Crippen LogP) is 12.1. The molecule has 0 saturated heterocycles. The number of nitrogens with one attached hydrogen (secondary N) is 2. The third-order valence-electron chi connectivity index (χ3n) is 8.04. The van der Waals surface area contributed by atoms with Crippen LogP contribution in [0.1, 0.15) is 16.7 Å². The van der Waals surface area contributed by atoms with Gasteiger partial charge in [-0.2, -0.15) is 0 Å². The molecular formula is C44H34N2. The van der Waals surface area contributed by atoms with Gasteiger partial charge in [0.25, 0.3) is 0 Å². The van der Waals surface area contributed by atoms with Crippen molar-refractivity contribution in [1.82, 2.24) is 0 Å². The van der Waals surface area contributed by atoms with Crippen molar-refractivity contribution in [2.75, 3.05) is 10.6 Å². The van der Waals surface area contributed by atoms with Gasteiger partial charge in [-0.15, -0.1) is 0 Å². The molecule has 0 amide bonds. The van der Waals surface area contributed by atoms with E-state index in [1.165, 1.54) is 33.4 Å². The highest BCUT2D eigenvalue weighted by atomic mass is 14.9. The first-order valence-electron chi connectivity index (χ1n) is 15.6. The molecular weight excluding hydrogens is 556 g/mol. The normalized spacial score (nSPS) is 10.6. The van der Waals surface area contributed by atoms with Gasteiger partial charge in [-0.05, 0) is 99.1 Å². The summed E-state index contributed by atoms with van der Waals surface area (Å²) >= 11 is 0. The molecule has 0 aliphatic carbocycles. The highest BCUT2D eigenvalue weighted by Gasteiger charge is 2.11. The van der Waals surface area contributed by atoms with Gasteiger partial charge in [0.2, 0.25) is 0 Å². The SMILES string of the molecule is C(=C(c1ccccc1)c1ccccc1)c1ccc(-c2cc(Nc3ccccc3)ccc2-c2ccc(Nc3ccccc3)cc2)cc1. The van der Waals surface area contributed by atoms with Gasteiger partial charge in [-0.3, -0.25) is 0 Å². The number of anilines is 4. The summed E-state index contributed by atoms with van der Waals surface area (Å²) in [4.78, 5) is 0. The Hall–Kier alpha value is -6.12. The average Bonchev–Trinajstić information content (AvgIpc) is 3.13. The van der Waals surface area contributed by atoms with Crippen molar-refractivity contribution >= 4 is 34.4 Å². The van der Waals surface area contributed by atoms with E-state index in [4.69, 9.17) is 0 Å². The van der Waals surface area contributed by atoms with Crippen LogP contribution in [-0.2, 0) is 0 Å². The molecule has 0 radical (unpaired) electrons. The molecule has 0 aliphatic rings. The van der Waals surface area contributed by atoms with E-state index in [9.17, 15) is 0 Å². The predicted molar refractivity (Wildman–Crippen MR) is 197 cm³/mol. The third kappa shape index (κ3) is 6.83. The minimum atomic E-state index is 1.05. The van der Waals surface area contributed by atoms with E-state index >= 15 is 0 Å². The number of para-hydroxylation sites is 2. The Morgan fingerprint density at radius 1 is 0.348 bits per heavy atom. The van der Waals surface area contributed by atoms with Gasteiger partial charge >= 0.3 is 0 Å². The Morgan fingerprint density at radius 2 is 0.761 bits per heavy atom. The molecule has 0 saturated carbocycles. The highest BCUT2D eigenvalue weighted by Crippen LogP contribution is 2.36. The monoisotopic (exact) mass is 590 g/mol. The maximum absolute atomic E-state index is 3.58. The quantitative estimate of drug-likeness (QED) is 0.163. The van der Waals surface area contributed by atoms with Crippen LogP contribution in [0.4, 0.5) is 22.7 Å². The minimum Gasteiger partial charge on any atom is -0.356 e. The fourth-order valence-corrected chi connectivity index (χ4v) is 5.72. The van der Waals surface area contributed by atoms with Gasteiger partial charge in [0.1, 0.15) is 0 Å². The van der Waals surface area contributed by atoms with Gasteiger partial charge in [-0.1, -0.05) is 140 Å². The van der Waals surface area contributed by atoms with Crippen molar-refractivity contribution in [3.63, 3.8) is 0 Å². The summed E-state index contributed by atoms with van der Waals surface area (Å²) in [5, 5.41) is 7.08. The Bertz CT molecular complexity index is 1990. The van der Waals surface area contributed by atoms with E-state index < -0.39 is 0 Å². The molecule has 7 rings (SSSR count). The third-order valence-corrected chi connectivity index (χ3v) is 8.04. The minimum absolute atomic E-state index is 1.05. The zero-order valence-corrected chi connectivity index (χ0v) is 25.5. The molecule has 0 aromatic heterocycles. The largest absolute Gasteiger partial charge is 0.356 e. The van der Waals surface area contributed by atoms with E-state index in [1.807, 2.05) is 36.4 Å². The van der Waals surface area contributed by atoms with Crippen LogP contribution in [0.2, 0.25) is 0 Å². The zero-order valence-electron chi connectivity index (χ0n) is 25.5. The molecule has 0 atom stereocenters. The fourth-order valence-electron chi connectivity index (χ4n) is 5.72. The van der Waals surface area contributed by atoms with Gasteiger partial charge < -0.3 is 10.6 Å². The summed E-state index contributed by atoms with van der Waals surface area (Å²) in [5.41, 5.74) is 13.7. The molecule has 220 valence electrons. The Kier molecular flexibility index (Phi) is 8.51.